The zero-order valence-electron chi connectivity index (χ0n) is 30.3. The lowest BCUT2D eigenvalue weighted by Gasteiger charge is -2.23. The SMILES string of the molecule is CC1(C)c2cc3c(cc2-c2ccc4c5ccccc5n(-c5nc(-c6ccccc6)nc(-c6ccccc6)n5)c4c21)nc(-c1ccccc1)n3-c1ccccc1. The molecule has 1 aliphatic rings. The molecule has 1 aliphatic carbocycles. The van der Waals surface area contributed by atoms with E-state index in [9.17, 15) is 0 Å². The third kappa shape index (κ3) is 4.74. The Hall–Kier alpha value is -7.18. The van der Waals surface area contributed by atoms with Crippen LogP contribution in [0.3, 0.4) is 0 Å². The molecule has 0 amide bonds. The van der Waals surface area contributed by atoms with E-state index in [0.717, 1.165) is 55.7 Å². The largest absolute Gasteiger partial charge is 0.292 e. The van der Waals surface area contributed by atoms with Gasteiger partial charge in [0.1, 0.15) is 5.82 Å². The Labute approximate surface area is 318 Å². The highest BCUT2D eigenvalue weighted by Crippen LogP contribution is 2.54. The number of benzene rings is 7. The summed E-state index contributed by atoms with van der Waals surface area (Å²) in [5.41, 5.74) is 12.8. The molecule has 0 saturated heterocycles. The molecule has 0 atom stereocenters. The predicted molar refractivity (Wildman–Crippen MR) is 223 cm³/mol. The van der Waals surface area contributed by atoms with Crippen molar-refractivity contribution in [2.75, 3.05) is 0 Å². The second kappa shape index (κ2) is 11.9. The Morgan fingerprint density at radius 3 is 1.69 bits per heavy atom. The summed E-state index contributed by atoms with van der Waals surface area (Å²) in [4.78, 5) is 20.8. The van der Waals surface area contributed by atoms with Gasteiger partial charge in [0.2, 0.25) is 5.95 Å². The maximum Gasteiger partial charge on any atom is 0.238 e. The van der Waals surface area contributed by atoms with Crippen molar-refractivity contribution in [3.05, 3.63) is 181 Å². The monoisotopic (exact) mass is 706 g/mol. The predicted octanol–water partition coefficient (Wildman–Crippen LogP) is 11.6. The first kappa shape index (κ1) is 31.4. The van der Waals surface area contributed by atoms with Gasteiger partial charge >= 0.3 is 0 Å². The first-order valence-corrected chi connectivity index (χ1v) is 18.7. The standard InChI is InChI=1S/C49H34N6/c1-49(2)39-30-42-40(50-47(33-21-11-5-12-22-33)54(42)34-23-13-6-14-24-34)29-38(39)36-27-28-37-35-25-15-16-26-41(35)55(44(37)43(36)49)48-52-45(31-17-7-3-8-18-31)51-46(53-48)32-19-9-4-10-20-32/h3-30H,1-2H3. The molecule has 6 heteroatoms. The normalized spacial score (nSPS) is 13.1. The van der Waals surface area contributed by atoms with Gasteiger partial charge in [0.25, 0.3) is 0 Å². The summed E-state index contributed by atoms with van der Waals surface area (Å²) in [6.45, 7) is 4.70. The fourth-order valence-electron chi connectivity index (χ4n) is 8.64. The Morgan fingerprint density at radius 2 is 1.04 bits per heavy atom. The fourth-order valence-corrected chi connectivity index (χ4v) is 8.64. The van der Waals surface area contributed by atoms with Crippen LogP contribution < -0.4 is 0 Å². The second-order valence-electron chi connectivity index (χ2n) is 14.7. The van der Waals surface area contributed by atoms with E-state index >= 15 is 0 Å². The minimum absolute atomic E-state index is 0.374. The van der Waals surface area contributed by atoms with Gasteiger partial charge in [-0.25, -0.2) is 9.97 Å². The Balaban J connectivity index is 1.20. The third-order valence-corrected chi connectivity index (χ3v) is 11.2. The van der Waals surface area contributed by atoms with Gasteiger partial charge in [-0.2, -0.15) is 9.97 Å². The quantitative estimate of drug-likeness (QED) is 0.179. The van der Waals surface area contributed by atoms with Crippen LogP contribution in [0.5, 0.6) is 0 Å². The molecule has 10 aromatic rings. The molecule has 0 fully saturated rings. The number of rotatable bonds is 5. The number of hydrogen-bond acceptors (Lipinski definition) is 4. The molecule has 6 nitrogen and oxygen atoms in total. The fraction of sp³-hybridized carbons (Fsp3) is 0.0612. The Morgan fingerprint density at radius 1 is 0.455 bits per heavy atom. The van der Waals surface area contributed by atoms with E-state index in [0.29, 0.717) is 17.6 Å². The van der Waals surface area contributed by atoms with Crippen LogP contribution in [0.15, 0.2) is 170 Å². The van der Waals surface area contributed by atoms with Crippen molar-refractivity contribution >= 4 is 32.8 Å². The Kier molecular flexibility index (Phi) is 6.79. The van der Waals surface area contributed by atoms with E-state index in [1.54, 1.807) is 0 Å². The second-order valence-corrected chi connectivity index (χ2v) is 14.7. The molecule has 0 spiro atoms. The van der Waals surface area contributed by atoms with Gasteiger partial charge in [0.05, 0.1) is 22.1 Å². The summed E-state index contributed by atoms with van der Waals surface area (Å²) in [5, 5.41) is 2.32. The minimum Gasteiger partial charge on any atom is -0.292 e. The molecule has 3 aromatic heterocycles. The number of para-hydroxylation sites is 2. The van der Waals surface area contributed by atoms with Crippen molar-refractivity contribution in [1.82, 2.24) is 29.1 Å². The van der Waals surface area contributed by atoms with Gasteiger partial charge in [-0.05, 0) is 52.6 Å². The van der Waals surface area contributed by atoms with Gasteiger partial charge < -0.3 is 0 Å². The molecule has 0 aliphatic heterocycles. The van der Waals surface area contributed by atoms with E-state index in [1.165, 1.54) is 27.6 Å². The zero-order valence-corrected chi connectivity index (χ0v) is 30.3. The molecule has 55 heavy (non-hydrogen) atoms. The average Bonchev–Trinajstić information content (AvgIpc) is 3.86. The summed E-state index contributed by atoms with van der Waals surface area (Å²) in [6.07, 6.45) is 0. The summed E-state index contributed by atoms with van der Waals surface area (Å²) >= 11 is 0. The maximum atomic E-state index is 5.33. The minimum atomic E-state index is -0.374. The maximum absolute atomic E-state index is 5.33. The van der Waals surface area contributed by atoms with Gasteiger partial charge in [-0.15, -0.1) is 0 Å². The lowest BCUT2D eigenvalue weighted by Crippen LogP contribution is -2.17. The molecule has 11 rings (SSSR count). The van der Waals surface area contributed by atoms with E-state index < -0.39 is 0 Å². The van der Waals surface area contributed by atoms with Gasteiger partial charge in [-0.3, -0.25) is 9.13 Å². The van der Waals surface area contributed by atoms with Crippen molar-refractivity contribution in [3.63, 3.8) is 0 Å². The van der Waals surface area contributed by atoms with E-state index in [1.807, 2.05) is 36.4 Å². The number of aromatic nitrogens is 6. The van der Waals surface area contributed by atoms with Crippen LogP contribution in [-0.2, 0) is 5.41 Å². The highest BCUT2D eigenvalue weighted by Gasteiger charge is 2.40. The van der Waals surface area contributed by atoms with Crippen molar-refractivity contribution < 1.29 is 0 Å². The number of imidazole rings is 1. The molecular formula is C49H34N6. The highest BCUT2D eigenvalue weighted by molar-refractivity contribution is 6.13. The zero-order chi connectivity index (χ0) is 36.7. The lowest BCUT2D eigenvalue weighted by molar-refractivity contribution is 0.664. The molecule has 0 radical (unpaired) electrons. The van der Waals surface area contributed by atoms with Crippen LogP contribution in [0.25, 0.3) is 89.8 Å². The van der Waals surface area contributed by atoms with Crippen LogP contribution in [0, 0.1) is 0 Å². The topological polar surface area (TPSA) is 61.4 Å². The van der Waals surface area contributed by atoms with Crippen molar-refractivity contribution in [1.29, 1.82) is 0 Å². The molecular weight excluding hydrogens is 673 g/mol. The van der Waals surface area contributed by atoms with Crippen molar-refractivity contribution in [2.45, 2.75) is 19.3 Å². The molecule has 0 bridgehead atoms. The van der Waals surface area contributed by atoms with E-state index in [-0.39, 0.29) is 5.41 Å². The summed E-state index contributed by atoms with van der Waals surface area (Å²) < 4.78 is 4.57. The van der Waals surface area contributed by atoms with Gasteiger partial charge in [0, 0.05) is 38.6 Å². The van der Waals surface area contributed by atoms with Gasteiger partial charge in [-0.1, -0.05) is 153 Å². The van der Waals surface area contributed by atoms with Gasteiger partial charge in [0.15, 0.2) is 11.6 Å². The molecule has 7 aromatic carbocycles. The highest BCUT2D eigenvalue weighted by atomic mass is 15.2. The van der Waals surface area contributed by atoms with E-state index in [4.69, 9.17) is 19.9 Å². The van der Waals surface area contributed by atoms with Crippen LogP contribution in [0.2, 0.25) is 0 Å². The van der Waals surface area contributed by atoms with Crippen molar-refractivity contribution in [2.24, 2.45) is 0 Å². The van der Waals surface area contributed by atoms with Crippen LogP contribution in [0.1, 0.15) is 25.0 Å². The molecule has 0 N–H and O–H groups in total. The van der Waals surface area contributed by atoms with Crippen LogP contribution >= 0.6 is 0 Å². The molecule has 0 saturated carbocycles. The number of fused-ring (bicyclic) bond motifs is 8. The lowest BCUT2D eigenvalue weighted by atomic mass is 9.81. The summed E-state index contributed by atoms with van der Waals surface area (Å²) in [6, 6.07) is 59.2. The smallest absolute Gasteiger partial charge is 0.238 e. The molecule has 0 unspecified atom stereocenters. The van der Waals surface area contributed by atoms with Crippen LogP contribution in [0.4, 0.5) is 0 Å². The number of nitrogens with zero attached hydrogens (tertiary/aromatic N) is 6. The van der Waals surface area contributed by atoms with E-state index in [2.05, 4.69) is 156 Å². The first-order chi connectivity index (χ1) is 27.0. The molecule has 260 valence electrons. The third-order valence-electron chi connectivity index (χ3n) is 11.2. The van der Waals surface area contributed by atoms with Crippen molar-refractivity contribution in [3.8, 4) is 56.9 Å². The Bertz CT molecular complexity index is 3030. The summed E-state index contributed by atoms with van der Waals surface area (Å²) in [7, 11) is 0. The van der Waals surface area contributed by atoms with Crippen LogP contribution in [-0.4, -0.2) is 29.1 Å². The molecule has 3 heterocycles. The first-order valence-electron chi connectivity index (χ1n) is 18.7. The summed E-state index contributed by atoms with van der Waals surface area (Å²) in [5.74, 6) is 2.79. The average molecular weight is 707 g/mol. The number of hydrogen-bond donors (Lipinski definition) is 0.